The minimum Gasteiger partial charge on any atom is -0.495 e. The van der Waals surface area contributed by atoms with Gasteiger partial charge in [-0.25, -0.2) is 9.59 Å². The first-order valence-corrected chi connectivity index (χ1v) is 4.83. The summed E-state index contributed by atoms with van der Waals surface area (Å²) in [5, 5.41) is 8.59. The molecule has 0 aliphatic heterocycles. The number of anilines is 1. The van der Waals surface area contributed by atoms with Gasteiger partial charge in [-0.05, 0) is 25.1 Å². The van der Waals surface area contributed by atoms with Crippen LogP contribution >= 0.6 is 0 Å². The lowest BCUT2D eigenvalue weighted by Crippen LogP contribution is -2.23. The predicted octanol–water partition coefficient (Wildman–Crippen LogP) is 0.907. The molecule has 0 bridgehead atoms. The molecule has 6 heteroatoms. The zero-order chi connectivity index (χ0) is 13.0. The van der Waals surface area contributed by atoms with Gasteiger partial charge in [-0.2, -0.15) is 0 Å². The number of esters is 1. The van der Waals surface area contributed by atoms with Gasteiger partial charge in [0.05, 0.1) is 18.4 Å². The Labute approximate surface area is 97.9 Å². The Balaban J connectivity index is 2.83. The largest absolute Gasteiger partial charge is 0.495 e. The smallest absolute Gasteiger partial charge is 0.344 e. The maximum atomic E-state index is 11.5. The Morgan fingerprint density at radius 3 is 2.53 bits per heavy atom. The molecule has 0 aliphatic carbocycles. The van der Waals surface area contributed by atoms with Crippen LogP contribution in [0.15, 0.2) is 18.2 Å². The average Bonchev–Trinajstić information content (AvgIpc) is 2.28. The summed E-state index contributed by atoms with van der Waals surface area (Å²) in [5.41, 5.74) is 6.07. The van der Waals surface area contributed by atoms with Crippen LogP contribution in [0.3, 0.4) is 0 Å². The zero-order valence-electron chi connectivity index (χ0n) is 9.47. The maximum absolute atomic E-state index is 11.5. The van der Waals surface area contributed by atoms with E-state index in [1.165, 1.54) is 32.2 Å². The lowest BCUT2D eigenvalue weighted by molar-refractivity contribution is -0.146. The Kier molecular flexibility index (Phi) is 3.92. The van der Waals surface area contributed by atoms with Gasteiger partial charge in [-0.3, -0.25) is 0 Å². The normalized spacial score (nSPS) is 11.6. The minimum atomic E-state index is -1.21. The van der Waals surface area contributed by atoms with Gasteiger partial charge in [-0.15, -0.1) is 0 Å². The number of benzene rings is 1. The Hall–Kier alpha value is -2.24. The lowest BCUT2D eigenvalue weighted by Gasteiger charge is -2.10. The van der Waals surface area contributed by atoms with Crippen LogP contribution in [0.5, 0.6) is 5.75 Å². The molecular weight excluding hydrogens is 226 g/mol. The Morgan fingerprint density at radius 2 is 2.06 bits per heavy atom. The number of hydrogen-bond acceptors (Lipinski definition) is 5. The lowest BCUT2D eigenvalue weighted by atomic mass is 10.2. The fourth-order valence-electron chi connectivity index (χ4n) is 1.14. The number of methoxy groups -OCH3 is 1. The fraction of sp³-hybridized carbons (Fsp3) is 0.273. The first kappa shape index (κ1) is 12.8. The van der Waals surface area contributed by atoms with Crippen molar-refractivity contribution in [2.24, 2.45) is 0 Å². The summed E-state index contributed by atoms with van der Waals surface area (Å²) in [7, 11) is 1.45. The third kappa shape index (κ3) is 3.10. The second-order valence-electron chi connectivity index (χ2n) is 3.34. The summed E-state index contributed by atoms with van der Waals surface area (Å²) >= 11 is 0. The standard InChI is InChI=1S/C11H13NO5/c1-6(10(13)14)17-11(15)7-3-4-9(16-2)8(12)5-7/h3-6H,12H2,1-2H3,(H,13,14). The van der Waals surface area contributed by atoms with Crippen molar-refractivity contribution in [3.63, 3.8) is 0 Å². The van der Waals surface area contributed by atoms with Gasteiger partial charge in [0.25, 0.3) is 0 Å². The summed E-state index contributed by atoms with van der Waals surface area (Å²) in [6.07, 6.45) is -1.20. The number of nitrogen functional groups attached to an aromatic ring is 1. The van der Waals surface area contributed by atoms with Gasteiger partial charge in [-0.1, -0.05) is 0 Å². The first-order valence-electron chi connectivity index (χ1n) is 4.83. The highest BCUT2D eigenvalue weighted by atomic mass is 16.6. The van der Waals surface area contributed by atoms with Gasteiger partial charge < -0.3 is 20.3 Å². The number of ether oxygens (including phenoxy) is 2. The number of carbonyl (C=O) groups is 2. The molecule has 92 valence electrons. The molecule has 0 heterocycles. The van der Waals surface area contributed by atoms with E-state index in [4.69, 9.17) is 20.3 Å². The van der Waals surface area contributed by atoms with Crippen molar-refractivity contribution in [1.29, 1.82) is 0 Å². The number of nitrogens with two attached hydrogens (primary N) is 1. The Morgan fingerprint density at radius 1 is 1.41 bits per heavy atom. The Bertz CT molecular complexity index is 443. The number of carboxylic acids is 1. The molecule has 0 spiro atoms. The van der Waals surface area contributed by atoms with Crippen molar-refractivity contribution < 1.29 is 24.2 Å². The average molecular weight is 239 g/mol. The maximum Gasteiger partial charge on any atom is 0.344 e. The molecule has 0 aromatic heterocycles. The molecule has 1 unspecified atom stereocenters. The predicted molar refractivity (Wildman–Crippen MR) is 59.9 cm³/mol. The molecule has 17 heavy (non-hydrogen) atoms. The number of rotatable bonds is 4. The summed E-state index contributed by atoms with van der Waals surface area (Å²) in [6.45, 7) is 1.27. The van der Waals surface area contributed by atoms with Gasteiger partial charge in [0.15, 0.2) is 6.10 Å². The second kappa shape index (κ2) is 5.20. The topological polar surface area (TPSA) is 98.8 Å². The molecule has 6 nitrogen and oxygen atoms in total. The van der Waals surface area contributed by atoms with Gasteiger partial charge in [0.1, 0.15) is 5.75 Å². The fourth-order valence-corrected chi connectivity index (χ4v) is 1.14. The number of carbonyl (C=O) groups excluding carboxylic acids is 1. The number of aliphatic carboxylic acids is 1. The molecule has 0 saturated heterocycles. The van der Waals surface area contributed by atoms with Crippen LogP contribution in [0.2, 0.25) is 0 Å². The molecular formula is C11H13NO5. The van der Waals surface area contributed by atoms with E-state index >= 15 is 0 Å². The summed E-state index contributed by atoms with van der Waals surface area (Å²) in [6, 6.07) is 4.33. The van der Waals surface area contributed by atoms with Gasteiger partial charge >= 0.3 is 11.9 Å². The summed E-state index contributed by atoms with van der Waals surface area (Å²) in [5.74, 6) is -1.51. The highest BCUT2D eigenvalue weighted by Gasteiger charge is 2.18. The van der Waals surface area contributed by atoms with Crippen molar-refractivity contribution in [1.82, 2.24) is 0 Å². The van der Waals surface area contributed by atoms with E-state index in [0.29, 0.717) is 5.75 Å². The van der Waals surface area contributed by atoms with Crippen LogP contribution < -0.4 is 10.5 Å². The molecule has 1 aromatic rings. The molecule has 1 rings (SSSR count). The summed E-state index contributed by atoms with van der Waals surface area (Å²) in [4.78, 5) is 22.0. The SMILES string of the molecule is COc1ccc(C(=O)OC(C)C(=O)O)cc1N. The van der Waals surface area contributed by atoms with Crippen LogP contribution in [-0.2, 0) is 9.53 Å². The number of hydrogen-bond donors (Lipinski definition) is 2. The summed E-state index contributed by atoms with van der Waals surface area (Å²) < 4.78 is 9.62. The van der Waals surface area contributed by atoms with Crippen molar-refractivity contribution in [2.45, 2.75) is 13.0 Å². The molecule has 0 aliphatic rings. The van der Waals surface area contributed by atoms with E-state index in [-0.39, 0.29) is 11.3 Å². The van der Waals surface area contributed by atoms with E-state index in [0.717, 1.165) is 0 Å². The highest BCUT2D eigenvalue weighted by molar-refractivity contribution is 5.92. The third-order valence-corrected chi connectivity index (χ3v) is 2.10. The van der Waals surface area contributed by atoms with E-state index in [1.807, 2.05) is 0 Å². The third-order valence-electron chi connectivity index (χ3n) is 2.10. The van der Waals surface area contributed by atoms with E-state index in [9.17, 15) is 9.59 Å². The monoisotopic (exact) mass is 239 g/mol. The van der Waals surface area contributed by atoms with Crippen LogP contribution in [0.1, 0.15) is 17.3 Å². The minimum absolute atomic E-state index is 0.177. The highest BCUT2D eigenvalue weighted by Crippen LogP contribution is 2.22. The van der Waals surface area contributed by atoms with Gasteiger partial charge in [0.2, 0.25) is 0 Å². The van der Waals surface area contributed by atoms with Crippen LogP contribution in [0, 0.1) is 0 Å². The molecule has 0 amide bonds. The van der Waals surface area contributed by atoms with Crippen molar-refractivity contribution >= 4 is 17.6 Å². The van der Waals surface area contributed by atoms with Crippen molar-refractivity contribution in [3.8, 4) is 5.75 Å². The van der Waals surface area contributed by atoms with Crippen molar-refractivity contribution in [2.75, 3.05) is 12.8 Å². The molecule has 0 fully saturated rings. The van der Waals surface area contributed by atoms with E-state index < -0.39 is 18.0 Å². The molecule has 1 atom stereocenters. The molecule has 3 N–H and O–H groups in total. The molecule has 1 aromatic carbocycles. The van der Waals surface area contributed by atoms with Crippen molar-refractivity contribution in [3.05, 3.63) is 23.8 Å². The second-order valence-corrected chi connectivity index (χ2v) is 3.34. The van der Waals surface area contributed by atoms with Crippen LogP contribution in [0.4, 0.5) is 5.69 Å². The van der Waals surface area contributed by atoms with Crippen LogP contribution in [-0.4, -0.2) is 30.3 Å². The van der Waals surface area contributed by atoms with E-state index in [2.05, 4.69) is 0 Å². The quantitative estimate of drug-likeness (QED) is 0.598. The first-order chi connectivity index (χ1) is 7.95. The molecule has 0 radical (unpaired) electrons. The number of carboxylic acid groups (broad SMARTS) is 1. The van der Waals surface area contributed by atoms with E-state index in [1.54, 1.807) is 0 Å². The van der Waals surface area contributed by atoms with Crippen LogP contribution in [0.25, 0.3) is 0 Å². The zero-order valence-corrected chi connectivity index (χ0v) is 9.47. The molecule has 0 saturated carbocycles. The van der Waals surface area contributed by atoms with Gasteiger partial charge in [0, 0.05) is 0 Å².